The molecule has 0 saturated carbocycles. The summed E-state index contributed by atoms with van der Waals surface area (Å²) in [4.78, 5) is 0. The minimum atomic E-state index is -0.305. The lowest BCUT2D eigenvalue weighted by Gasteiger charge is -1.89. The van der Waals surface area contributed by atoms with Crippen LogP contribution in [0.3, 0.4) is 0 Å². The van der Waals surface area contributed by atoms with Gasteiger partial charge in [-0.3, -0.25) is 0 Å². The van der Waals surface area contributed by atoms with Gasteiger partial charge in [0.15, 0.2) is 5.76 Å². The van der Waals surface area contributed by atoms with Gasteiger partial charge in [0.05, 0.1) is 6.54 Å². The molecule has 0 atom stereocenters. The molecule has 1 heterocycles. The molecule has 3 nitrogen and oxygen atoms in total. The summed E-state index contributed by atoms with van der Waals surface area (Å²) in [6.07, 6.45) is 0. The predicted octanol–water partition coefficient (Wildman–Crippen LogP) is 1.43. The highest BCUT2D eigenvalue weighted by molar-refractivity contribution is 5.80. The van der Waals surface area contributed by atoms with Crippen molar-refractivity contribution in [2.75, 3.05) is 0 Å². The second kappa shape index (κ2) is 2.57. The van der Waals surface area contributed by atoms with Crippen molar-refractivity contribution in [3.05, 3.63) is 29.8 Å². The van der Waals surface area contributed by atoms with E-state index in [1.165, 1.54) is 12.1 Å². The van der Waals surface area contributed by atoms with Crippen molar-refractivity contribution in [3.8, 4) is 0 Å². The van der Waals surface area contributed by atoms with E-state index in [9.17, 15) is 4.39 Å². The SMILES string of the molecule is NCc1onc2ccc(F)cc12. The number of fused-ring (bicyclic) bond motifs is 1. The summed E-state index contributed by atoms with van der Waals surface area (Å²) < 4.78 is 17.6. The zero-order chi connectivity index (χ0) is 8.55. The molecule has 1 aromatic heterocycles. The Hall–Kier alpha value is -1.42. The second-order valence-electron chi connectivity index (χ2n) is 2.47. The van der Waals surface area contributed by atoms with Crippen LogP contribution in [0.4, 0.5) is 4.39 Å². The lowest BCUT2D eigenvalue weighted by Crippen LogP contribution is -1.94. The largest absolute Gasteiger partial charge is 0.359 e. The lowest BCUT2D eigenvalue weighted by atomic mass is 10.2. The first-order chi connectivity index (χ1) is 5.81. The Bertz CT molecular complexity index is 410. The van der Waals surface area contributed by atoms with Gasteiger partial charge in [-0.25, -0.2) is 4.39 Å². The summed E-state index contributed by atoms with van der Waals surface area (Å²) >= 11 is 0. The maximum atomic E-state index is 12.7. The number of rotatable bonds is 1. The molecule has 0 fully saturated rings. The third-order valence-corrected chi connectivity index (χ3v) is 1.70. The van der Waals surface area contributed by atoms with Gasteiger partial charge in [0.2, 0.25) is 0 Å². The Labute approximate surface area is 67.9 Å². The van der Waals surface area contributed by atoms with Crippen molar-refractivity contribution in [1.82, 2.24) is 5.16 Å². The van der Waals surface area contributed by atoms with Gasteiger partial charge in [-0.05, 0) is 18.2 Å². The van der Waals surface area contributed by atoms with Crippen LogP contribution in [0.1, 0.15) is 5.76 Å². The van der Waals surface area contributed by atoms with Gasteiger partial charge in [0.1, 0.15) is 11.3 Å². The maximum absolute atomic E-state index is 12.7. The average molecular weight is 166 g/mol. The number of halogens is 1. The summed E-state index contributed by atoms with van der Waals surface area (Å²) in [5.41, 5.74) is 5.99. The minimum absolute atomic E-state index is 0.236. The highest BCUT2D eigenvalue weighted by Crippen LogP contribution is 2.18. The van der Waals surface area contributed by atoms with Crippen molar-refractivity contribution in [2.24, 2.45) is 5.73 Å². The van der Waals surface area contributed by atoms with E-state index >= 15 is 0 Å². The number of hydrogen-bond donors (Lipinski definition) is 1. The zero-order valence-electron chi connectivity index (χ0n) is 6.25. The summed E-state index contributed by atoms with van der Waals surface area (Å²) in [5, 5.41) is 4.36. The quantitative estimate of drug-likeness (QED) is 0.697. The number of hydrogen-bond acceptors (Lipinski definition) is 3. The van der Waals surface area contributed by atoms with Crippen LogP contribution in [-0.2, 0) is 6.54 Å². The van der Waals surface area contributed by atoms with Crippen molar-refractivity contribution in [3.63, 3.8) is 0 Å². The van der Waals surface area contributed by atoms with Gasteiger partial charge in [-0.15, -0.1) is 0 Å². The third-order valence-electron chi connectivity index (χ3n) is 1.70. The van der Waals surface area contributed by atoms with E-state index in [4.69, 9.17) is 10.3 Å². The molecule has 2 aromatic rings. The van der Waals surface area contributed by atoms with Crippen LogP contribution in [0.15, 0.2) is 22.7 Å². The Morgan fingerprint density at radius 1 is 1.50 bits per heavy atom. The van der Waals surface area contributed by atoms with Gasteiger partial charge >= 0.3 is 0 Å². The molecule has 1 aromatic carbocycles. The summed E-state index contributed by atoms with van der Waals surface area (Å²) in [6.45, 7) is 0.236. The van der Waals surface area contributed by atoms with Crippen molar-refractivity contribution >= 4 is 10.9 Å². The molecule has 0 aliphatic heterocycles. The van der Waals surface area contributed by atoms with Gasteiger partial charge in [-0.1, -0.05) is 5.16 Å². The Morgan fingerprint density at radius 3 is 3.08 bits per heavy atom. The maximum Gasteiger partial charge on any atom is 0.158 e. The molecule has 0 radical (unpaired) electrons. The molecular formula is C8H7FN2O. The number of nitrogens with zero attached hydrogens (tertiary/aromatic N) is 1. The van der Waals surface area contributed by atoms with Crippen molar-refractivity contribution < 1.29 is 8.91 Å². The van der Waals surface area contributed by atoms with E-state index in [1.807, 2.05) is 0 Å². The van der Waals surface area contributed by atoms with E-state index < -0.39 is 0 Å². The lowest BCUT2D eigenvalue weighted by molar-refractivity contribution is 0.392. The molecule has 0 aliphatic rings. The highest BCUT2D eigenvalue weighted by atomic mass is 19.1. The van der Waals surface area contributed by atoms with E-state index in [1.54, 1.807) is 6.07 Å². The Kier molecular flexibility index (Phi) is 1.55. The fourth-order valence-corrected chi connectivity index (χ4v) is 1.11. The molecule has 4 heteroatoms. The fourth-order valence-electron chi connectivity index (χ4n) is 1.11. The average Bonchev–Trinajstić information content (AvgIpc) is 2.46. The van der Waals surface area contributed by atoms with Gasteiger partial charge in [-0.2, -0.15) is 0 Å². The fraction of sp³-hybridized carbons (Fsp3) is 0.125. The van der Waals surface area contributed by atoms with Crippen LogP contribution in [0, 0.1) is 5.82 Å². The molecule has 0 spiro atoms. The first kappa shape index (κ1) is 7.24. The monoisotopic (exact) mass is 166 g/mol. The highest BCUT2D eigenvalue weighted by Gasteiger charge is 2.06. The standard InChI is InChI=1S/C8H7FN2O/c9-5-1-2-7-6(3-5)8(4-10)12-11-7/h1-3H,4,10H2. The second-order valence-corrected chi connectivity index (χ2v) is 2.47. The van der Waals surface area contributed by atoms with Crippen LogP contribution in [0.2, 0.25) is 0 Å². The van der Waals surface area contributed by atoms with E-state index in [0.717, 1.165) is 0 Å². The van der Waals surface area contributed by atoms with Crippen LogP contribution < -0.4 is 5.73 Å². The van der Waals surface area contributed by atoms with Gasteiger partial charge < -0.3 is 10.3 Å². The topological polar surface area (TPSA) is 52.0 Å². The van der Waals surface area contributed by atoms with E-state index in [2.05, 4.69) is 5.16 Å². The molecule has 0 bridgehead atoms. The number of aromatic nitrogens is 1. The molecule has 0 saturated heterocycles. The Morgan fingerprint density at radius 2 is 2.33 bits per heavy atom. The van der Waals surface area contributed by atoms with Crippen molar-refractivity contribution in [2.45, 2.75) is 6.54 Å². The van der Waals surface area contributed by atoms with Crippen LogP contribution in [0.5, 0.6) is 0 Å². The van der Waals surface area contributed by atoms with E-state index in [-0.39, 0.29) is 12.4 Å². The number of benzene rings is 1. The van der Waals surface area contributed by atoms with Gasteiger partial charge in [0, 0.05) is 5.39 Å². The number of nitrogens with two attached hydrogens (primary N) is 1. The molecule has 0 aliphatic carbocycles. The van der Waals surface area contributed by atoms with Gasteiger partial charge in [0.25, 0.3) is 0 Å². The zero-order valence-corrected chi connectivity index (χ0v) is 6.25. The first-order valence-corrected chi connectivity index (χ1v) is 3.55. The molecule has 0 unspecified atom stereocenters. The van der Waals surface area contributed by atoms with Crippen molar-refractivity contribution in [1.29, 1.82) is 0 Å². The third kappa shape index (κ3) is 0.967. The predicted molar refractivity (Wildman–Crippen MR) is 41.9 cm³/mol. The summed E-state index contributed by atoms with van der Waals surface area (Å²) in [7, 11) is 0. The van der Waals surface area contributed by atoms with Crippen LogP contribution >= 0.6 is 0 Å². The van der Waals surface area contributed by atoms with Crippen LogP contribution in [0.25, 0.3) is 10.9 Å². The first-order valence-electron chi connectivity index (χ1n) is 3.55. The Balaban J connectivity index is 2.75. The molecule has 0 amide bonds. The van der Waals surface area contributed by atoms with Crippen LogP contribution in [-0.4, -0.2) is 5.16 Å². The molecule has 2 rings (SSSR count). The molecule has 2 N–H and O–H groups in total. The normalized spacial score (nSPS) is 10.8. The molecular weight excluding hydrogens is 159 g/mol. The summed E-state index contributed by atoms with van der Waals surface area (Å²) in [5.74, 6) is 0.213. The molecule has 62 valence electrons. The molecule has 12 heavy (non-hydrogen) atoms. The smallest absolute Gasteiger partial charge is 0.158 e. The summed E-state index contributed by atoms with van der Waals surface area (Å²) in [6, 6.07) is 4.27. The minimum Gasteiger partial charge on any atom is -0.359 e. The van der Waals surface area contributed by atoms with E-state index in [0.29, 0.717) is 16.7 Å².